The van der Waals surface area contributed by atoms with Crippen LogP contribution in [0, 0.1) is 11.3 Å². The van der Waals surface area contributed by atoms with Crippen LogP contribution in [0.5, 0.6) is 0 Å². The van der Waals surface area contributed by atoms with E-state index in [0.717, 1.165) is 35.7 Å². The predicted molar refractivity (Wildman–Crippen MR) is 156 cm³/mol. The van der Waals surface area contributed by atoms with Gasteiger partial charge in [0.25, 0.3) is 0 Å². The van der Waals surface area contributed by atoms with Crippen LogP contribution in [0.3, 0.4) is 0 Å². The van der Waals surface area contributed by atoms with Crippen molar-refractivity contribution in [2.75, 3.05) is 20.1 Å². The van der Waals surface area contributed by atoms with Crippen LogP contribution in [0.2, 0.25) is 0 Å². The monoisotopic (exact) mass is 612 g/mol. The highest BCUT2D eigenvalue weighted by atomic mass is 32.2. The average Bonchev–Trinajstić information content (AvgIpc) is 3.26. The highest BCUT2D eigenvalue weighted by Crippen LogP contribution is 2.37. The number of aryl methyl sites for hydroxylation is 1. The molecule has 3 rings (SSSR count). The summed E-state index contributed by atoms with van der Waals surface area (Å²) in [5, 5.41) is 23.0. The number of carboxylic acid groups (broad SMARTS) is 1. The number of aliphatic carboxylic acids is 1. The molecule has 3 N–H and O–H groups in total. The lowest BCUT2D eigenvalue weighted by Crippen LogP contribution is -2.47. The summed E-state index contributed by atoms with van der Waals surface area (Å²) in [5.41, 5.74) is 0.491. The molecular formula is C31H43F3N2O5S. The van der Waals surface area contributed by atoms with E-state index in [9.17, 15) is 31.5 Å². The molecule has 0 radical (unpaired) electrons. The zero-order valence-electron chi connectivity index (χ0n) is 25.0. The second-order valence-corrected chi connectivity index (χ2v) is 15.0. The molecule has 1 aliphatic rings. The summed E-state index contributed by atoms with van der Waals surface area (Å²) in [4.78, 5) is 10.6. The van der Waals surface area contributed by atoms with Crippen LogP contribution in [0.25, 0.3) is 0 Å². The minimum absolute atomic E-state index is 0.0571. The molecule has 0 bridgehead atoms. The third-order valence-electron chi connectivity index (χ3n) is 8.01. The van der Waals surface area contributed by atoms with Gasteiger partial charge in [-0.3, -0.25) is 4.79 Å². The molecule has 11 heteroatoms. The van der Waals surface area contributed by atoms with Crippen LogP contribution in [0.15, 0.2) is 47.4 Å². The Morgan fingerprint density at radius 3 is 2.21 bits per heavy atom. The van der Waals surface area contributed by atoms with Gasteiger partial charge in [0.05, 0.1) is 23.0 Å². The Kier molecular flexibility index (Phi) is 10.6. The fraction of sp³-hybridized carbons (Fsp3) is 0.581. The minimum Gasteiger partial charge on any atom is -0.481 e. The molecule has 0 aromatic heterocycles. The summed E-state index contributed by atoms with van der Waals surface area (Å²) in [6.07, 6.45) is -3.12. The van der Waals surface area contributed by atoms with Gasteiger partial charge in [-0.15, -0.1) is 0 Å². The van der Waals surface area contributed by atoms with Gasteiger partial charge in [-0.2, -0.15) is 17.5 Å². The zero-order valence-corrected chi connectivity index (χ0v) is 25.8. The van der Waals surface area contributed by atoms with Gasteiger partial charge in [-0.05, 0) is 86.1 Å². The summed E-state index contributed by atoms with van der Waals surface area (Å²) in [6.45, 7) is 7.21. The number of fused-ring (bicyclic) bond motifs is 1. The molecule has 2 aromatic carbocycles. The van der Waals surface area contributed by atoms with Crippen molar-refractivity contribution in [3.05, 3.63) is 64.7 Å². The third-order valence-corrected chi connectivity index (χ3v) is 9.83. The number of benzene rings is 2. The van der Waals surface area contributed by atoms with Gasteiger partial charge in [0, 0.05) is 25.7 Å². The largest absolute Gasteiger partial charge is 0.481 e. The van der Waals surface area contributed by atoms with Gasteiger partial charge in [-0.25, -0.2) is 8.42 Å². The first-order chi connectivity index (χ1) is 19.3. The molecule has 0 unspecified atom stereocenters. The SMILES string of the molecule is CN(C[C@H](O)CNC(C)(C)CC1Cc2ccccc2C1)S(=O)(=O)c1ccc(CCC(C)(C)CC(=O)O)c(C(F)(F)F)c1. The van der Waals surface area contributed by atoms with E-state index < -0.39 is 44.1 Å². The van der Waals surface area contributed by atoms with Gasteiger partial charge in [0.15, 0.2) is 0 Å². The predicted octanol–water partition coefficient (Wildman–Crippen LogP) is 5.29. The number of carboxylic acids is 1. The van der Waals surface area contributed by atoms with Crippen LogP contribution in [0.1, 0.15) is 69.2 Å². The van der Waals surface area contributed by atoms with Crippen LogP contribution < -0.4 is 5.32 Å². The van der Waals surface area contributed by atoms with E-state index in [4.69, 9.17) is 5.11 Å². The number of hydrogen-bond acceptors (Lipinski definition) is 5. The average molecular weight is 613 g/mol. The van der Waals surface area contributed by atoms with E-state index in [1.54, 1.807) is 13.8 Å². The quantitative estimate of drug-likeness (QED) is 0.268. The molecular weight excluding hydrogens is 569 g/mol. The Bertz CT molecular complexity index is 1330. The van der Waals surface area contributed by atoms with E-state index in [1.165, 1.54) is 18.2 Å². The first kappa shape index (κ1) is 34.0. The molecule has 7 nitrogen and oxygen atoms in total. The molecule has 2 aromatic rings. The van der Waals surface area contributed by atoms with Crippen LogP contribution in [-0.4, -0.2) is 60.7 Å². The van der Waals surface area contributed by atoms with Crippen molar-refractivity contribution in [2.24, 2.45) is 11.3 Å². The van der Waals surface area contributed by atoms with Crippen molar-refractivity contribution in [3.63, 3.8) is 0 Å². The smallest absolute Gasteiger partial charge is 0.416 e. The van der Waals surface area contributed by atoms with Gasteiger partial charge in [-0.1, -0.05) is 44.2 Å². The molecule has 0 aliphatic heterocycles. The number of hydrogen-bond donors (Lipinski definition) is 3. The highest BCUT2D eigenvalue weighted by molar-refractivity contribution is 7.89. The van der Waals surface area contributed by atoms with Crippen molar-refractivity contribution in [2.45, 2.75) is 88.9 Å². The highest BCUT2D eigenvalue weighted by Gasteiger charge is 2.36. The van der Waals surface area contributed by atoms with E-state index in [2.05, 4.69) is 17.4 Å². The Labute approximate surface area is 247 Å². The van der Waals surface area contributed by atoms with E-state index in [0.29, 0.717) is 12.0 Å². The van der Waals surface area contributed by atoms with Crippen molar-refractivity contribution in [1.29, 1.82) is 0 Å². The van der Waals surface area contributed by atoms with Crippen molar-refractivity contribution >= 4 is 16.0 Å². The van der Waals surface area contributed by atoms with Gasteiger partial charge in [0.2, 0.25) is 10.0 Å². The lowest BCUT2D eigenvalue weighted by Gasteiger charge is -2.31. The topological polar surface area (TPSA) is 107 Å². The lowest BCUT2D eigenvalue weighted by atomic mass is 9.82. The molecule has 0 saturated heterocycles. The molecule has 234 valence electrons. The van der Waals surface area contributed by atoms with E-state index >= 15 is 0 Å². The first-order valence-corrected chi connectivity index (χ1v) is 15.6. The number of nitrogens with zero attached hydrogens (tertiary/aromatic N) is 1. The number of alkyl halides is 3. The first-order valence-electron chi connectivity index (χ1n) is 14.2. The second kappa shape index (κ2) is 13.0. The number of nitrogens with one attached hydrogen (secondary N) is 1. The van der Waals surface area contributed by atoms with Gasteiger partial charge in [0.1, 0.15) is 0 Å². The van der Waals surface area contributed by atoms with Crippen molar-refractivity contribution in [3.8, 4) is 0 Å². The molecule has 0 heterocycles. The molecule has 0 amide bonds. The van der Waals surface area contributed by atoms with Crippen molar-refractivity contribution < 1.29 is 36.6 Å². The van der Waals surface area contributed by atoms with Gasteiger partial charge >= 0.3 is 12.1 Å². The number of sulfonamides is 1. The molecule has 0 saturated carbocycles. The molecule has 1 aliphatic carbocycles. The van der Waals surface area contributed by atoms with Crippen molar-refractivity contribution in [1.82, 2.24) is 9.62 Å². The van der Waals surface area contributed by atoms with E-state index in [1.807, 2.05) is 26.0 Å². The minimum atomic E-state index is -4.80. The number of likely N-dealkylation sites (N-methyl/N-ethyl adjacent to an activating group) is 1. The van der Waals surface area contributed by atoms with E-state index in [-0.39, 0.29) is 43.5 Å². The summed E-state index contributed by atoms with van der Waals surface area (Å²) in [5.74, 6) is -0.583. The van der Waals surface area contributed by atoms with Crippen LogP contribution in [0.4, 0.5) is 13.2 Å². The fourth-order valence-corrected chi connectivity index (χ4v) is 7.03. The lowest BCUT2D eigenvalue weighted by molar-refractivity contribution is -0.140. The molecule has 0 spiro atoms. The maximum absolute atomic E-state index is 13.9. The summed E-state index contributed by atoms with van der Waals surface area (Å²) in [7, 11) is -3.10. The third kappa shape index (κ3) is 9.26. The van der Waals surface area contributed by atoms with Crippen LogP contribution >= 0.6 is 0 Å². The van der Waals surface area contributed by atoms with Crippen LogP contribution in [-0.2, 0) is 40.3 Å². The Morgan fingerprint density at radius 1 is 1.07 bits per heavy atom. The number of aliphatic hydroxyl groups excluding tert-OH is 1. The number of aliphatic hydroxyl groups is 1. The number of carbonyl (C=O) groups is 1. The summed E-state index contributed by atoms with van der Waals surface area (Å²) in [6, 6.07) is 11.3. The standard InChI is InChI=1S/C31H43F3N2O5S/c1-29(2,18-28(38)39)13-12-22-10-11-26(16-27(22)31(32,33)34)42(40,41)36(5)20-25(37)19-35-30(3,4)17-21-14-23-8-6-7-9-24(23)15-21/h6-11,16,21,25,35,37H,12-15,17-20H2,1-5H3,(H,38,39)/t25-/m1/s1. The number of halogens is 3. The molecule has 1 atom stereocenters. The molecule has 0 fully saturated rings. The fourth-order valence-electron chi connectivity index (χ4n) is 5.79. The maximum atomic E-state index is 13.9. The molecule has 42 heavy (non-hydrogen) atoms. The Balaban J connectivity index is 1.62. The zero-order chi connectivity index (χ0) is 31.5. The second-order valence-electron chi connectivity index (χ2n) is 13.0. The van der Waals surface area contributed by atoms with Gasteiger partial charge < -0.3 is 15.5 Å². The number of rotatable bonds is 14. The maximum Gasteiger partial charge on any atom is 0.416 e. The Morgan fingerprint density at radius 2 is 1.67 bits per heavy atom. The Hall–Kier alpha value is -2.47. The number of β-amino-alcohol motifs (C(OH)–C–C–N with tert-alkyl or cyclic N) is 1. The summed E-state index contributed by atoms with van der Waals surface area (Å²) >= 11 is 0. The normalized spacial score (nSPS) is 15.7. The summed E-state index contributed by atoms with van der Waals surface area (Å²) < 4.78 is 69.1.